The average Bonchev–Trinajstić information content (AvgIpc) is 2.72. The zero-order valence-corrected chi connectivity index (χ0v) is 9.78. The molecule has 0 N–H and O–H groups in total. The van der Waals surface area contributed by atoms with Gasteiger partial charge in [-0.2, -0.15) is 0 Å². The van der Waals surface area contributed by atoms with Crippen molar-refractivity contribution in [2.24, 2.45) is 0 Å². The molecule has 0 aliphatic heterocycles. The number of rotatable bonds is 4. The first-order valence-corrected chi connectivity index (χ1v) is 6.16. The molecule has 0 amide bonds. The predicted molar refractivity (Wildman–Crippen MR) is 64.9 cm³/mol. The van der Waals surface area contributed by atoms with Crippen LogP contribution in [0.1, 0.15) is 16.1 Å². The van der Waals surface area contributed by atoms with Gasteiger partial charge in [-0.25, -0.2) is 4.98 Å². The molecule has 0 aliphatic rings. The van der Waals surface area contributed by atoms with Crippen LogP contribution in [-0.4, -0.2) is 22.1 Å². The molecular weight excluding hydrogens is 222 g/mol. The number of hydrogen-bond acceptors (Lipinski definition) is 3. The van der Waals surface area contributed by atoms with Crippen LogP contribution in [0.5, 0.6) is 0 Å². The zero-order chi connectivity index (χ0) is 11.4. The van der Waals surface area contributed by atoms with Gasteiger partial charge in [0.05, 0.1) is 12.7 Å². The van der Waals surface area contributed by atoms with Gasteiger partial charge in [0.2, 0.25) is 0 Å². The van der Waals surface area contributed by atoms with Gasteiger partial charge in [0.15, 0.2) is 11.4 Å². The molecular formula is C12H12N2OS. The van der Waals surface area contributed by atoms with Crippen molar-refractivity contribution in [2.45, 2.75) is 11.7 Å². The van der Waals surface area contributed by atoms with Crippen LogP contribution in [0.25, 0.3) is 0 Å². The topological polar surface area (TPSA) is 34.9 Å². The molecule has 1 aromatic carbocycles. The molecule has 0 aliphatic carbocycles. The molecule has 2 rings (SSSR count). The molecule has 0 atom stereocenters. The molecule has 16 heavy (non-hydrogen) atoms. The molecule has 2 aromatic rings. The first-order chi connectivity index (χ1) is 7.85. The quantitative estimate of drug-likeness (QED) is 0.602. The summed E-state index contributed by atoms with van der Waals surface area (Å²) < 4.78 is 1.92. The van der Waals surface area contributed by atoms with Crippen molar-refractivity contribution >= 4 is 18.0 Å². The van der Waals surface area contributed by atoms with E-state index in [4.69, 9.17) is 0 Å². The SMILES string of the molecule is CS[14c]1ncc(C=O)n1Cc1ccccc1. The van der Waals surface area contributed by atoms with Crippen LogP contribution < -0.4 is 0 Å². The minimum atomic E-state index is 0.619. The van der Waals surface area contributed by atoms with Crippen LogP contribution >= 0.6 is 11.8 Å². The van der Waals surface area contributed by atoms with Crippen molar-refractivity contribution in [3.05, 3.63) is 47.8 Å². The van der Waals surface area contributed by atoms with Gasteiger partial charge in [-0.05, 0) is 11.8 Å². The van der Waals surface area contributed by atoms with E-state index in [9.17, 15) is 4.79 Å². The highest BCUT2D eigenvalue weighted by Crippen LogP contribution is 2.16. The maximum atomic E-state index is 10.9. The lowest BCUT2D eigenvalue weighted by Crippen LogP contribution is -2.04. The monoisotopic (exact) mass is 234 g/mol. The van der Waals surface area contributed by atoms with E-state index in [0.717, 1.165) is 11.4 Å². The summed E-state index contributed by atoms with van der Waals surface area (Å²) in [6, 6.07) is 10.0. The van der Waals surface area contributed by atoms with Crippen LogP contribution in [0.2, 0.25) is 0 Å². The van der Waals surface area contributed by atoms with Gasteiger partial charge in [0.25, 0.3) is 0 Å². The zero-order valence-electron chi connectivity index (χ0n) is 8.96. The molecule has 0 bridgehead atoms. The van der Waals surface area contributed by atoms with E-state index in [1.54, 1.807) is 18.0 Å². The molecule has 3 nitrogen and oxygen atoms in total. The smallest absolute Gasteiger partial charge is 0.168 e. The van der Waals surface area contributed by atoms with Gasteiger partial charge >= 0.3 is 0 Å². The lowest BCUT2D eigenvalue weighted by atomic mass is 10.2. The average molecular weight is 234 g/mol. The Morgan fingerprint density at radius 1 is 1.44 bits per heavy atom. The van der Waals surface area contributed by atoms with Crippen molar-refractivity contribution in [2.75, 3.05) is 6.26 Å². The molecule has 1 heterocycles. The maximum Gasteiger partial charge on any atom is 0.168 e. The number of nitrogens with zero attached hydrogens (tertiary/aromatic N) is 2. The van der Waals surface area contributed by atoms with E-state index in [2.05, 4.69) is 4.98 Å². The highest BCUT2D eigenvalue weighted by atomic mass is 32.2. The fraction of sp³-hybridized carbons (Fsp3) is 0.167. The highest BCUT2D eigenvalue weighted by Gasteiger charge is 2.08. The third kappa shape index (κ3) is 2.17. The van der Waals surface area contributed by atoms with Gasteiger partial charge in [-0.1, -0.05) is 42.1 Å². The molecule has 82 valence electrons. The molecule has 0 radical (unpaired) electrons. The summed E-state index contributed by atoms with van der Waals surface area (Å²) in [6.07, 6.45) is 4.41. The number of hydrogen-bond donors (Lipinski definition) is 0. The second-order valence-electron chi connectivity index (χ2n) is 3.36. The standard InChI is InChI=1S/C12H12N2OS/c1-16-12-13-7-11(9-15)14(12)8-10-5-3-2-4-6-10/h2-7,9H,8H2,1H3/i12+2. The Hall–Kier alpha value is -1.55. The number of carbonyl (C=O) groups is 1. The molecule has 1 aromatic heterocycles. The van der Waals surface area contributed by atoms with Crippen molar-refractivity contribution in [1.29, 1.82) is 0 Å². The van der Waals surface area contributed by atoms with Crippen LogP contribution in [0.3, 0.4) is 0 Å². The van der Waals surface area contributed by atoms with Crippen LogP contribution in [0.4, 0.5) is 0 Å². The molecule has 0 spiro atoms. The summed E-state index contributed by atoms with van der Waals surface area (Å²) >= 11 is 1.54. The lowest BCUT2D eigenvalue weighted by molar-refractivity contribution is 0.111. The van der Waals surface area contributed by atoms with Crippen LogP contribution in [0.15, 0.2) is 41.7 Å². The van der Waals surface area contributed by atoms with Gasteiger partial charge < -0.3 is 4.57 Å². The summed E-state index contributed by atoms with van der Waals surface area (Å²) in [5.74, 6) is 0. The second-order valence-corrected chi connectivity index (χ2v) is 4.13. The van der Waals surface area contributed by atoms with E-state index in [-0.39, 0.29) is 0 Å². The van der Waals surface area contributed by atoms with Crippen molar-refractivity contribution in [1.82, 2.24) is 9.55 Å². The van der Waals surface area contributed by atoms with Crippen molar-refractivity contribution in [3.63, 3.8) is 0 Å². The van der Waals surface area contributed by atoms with E-state index >= 15 is 0 Å². The molecule has 0 saturated heterocycles. The van der Waals surface area contributed by atoms with E-state index in [1.807, 2.05) is 41.2 Å². The third-order valence-electron chi connectivity index (χ3n) is 2.34. The lowest BCUT2D eigenvalue weighted by Gasteiger charge is -2.07. The minimum absolute atomic E-state index is 0.619. The number of imidazole rings is 1. The normalized spacial score (nSPS) is 10.3. The second kappa shape index (κ2) is 4.99. The number of aromatic nitrogens is 2. The Morgan fingerprint density at radius 3 is 2.81 bits per heavy atom. The van der Waals surface area contributed by atoms with E-state index in [1.165, 1.54) is 5.56 Å². The van der Waals surface area contributed by atoms with E-state index < -0.39 is 0 Å². The molecule has 0 fully saturated rings. The van der Waals surface area contributed by atoms with Crippen molar-refractivity contribution < 1.29 is 4.79 Å². The largest absolute Gasteiger partial charge is 0.312 e. The first-order valence-electron chi connectivity index (χ1n) is 4.93. The predicted octanol–water partition coefficient (Wildman–Crippen LogP) is 2.47. The summed E-state index contributed by atoms with van der Waals surface area (Å²) in [7, 11) is 0. The van der Waals surface area contributed by atoms with Crippen LogP contribution in [0, 0.1) is 0 Å². The Morgan fingerprint density at radius 2 is 2.19 bits per heavy atom. The summed E-state index contributed by atoms with van der Waals surface area (Å²) in [5.41, 5.74) is 1.78. The minimum Gasteiger partial charge on any atom is -0.312 e. The number of benzene rings is 1. The molecule has 4 heteroatoms. The van der Waals surface area contributed by atoms with Gasteiger partial charge in [0, 0.05) is 0 Å². The van der Waals surface area contributed by atoms with E-state index in [0.29, 0.717) is 12.2 Å². The fourth-order valence-corrected chi connectivity index (χ4v) is 2.10. The van der Waals surface area contributed by atoms with Gasteiger partial charge in [0.1, 0.15) is 5.69 Å². The Kier molecular flexibility index (Phi) is 3.41. The number of thioether (sulfide) groups is 1. The Labute approximate surface area is 98.5 Å². The van der Waals surface area contributed by atoms with Crippen LogP contribution in [-0.2, 0) is 6.54 Å². The van der Waals surface area contributed by atoms with Crippen molar-refractivity contribution in [3.8, 4) is 0 Å². The summed E-state index contributed by atoms with van der Waals surface area (Å²) in [5, 5.41) is 0.867. The maximum absolute atomic E-state index is 10.9. The highest BCUT2D eigenvalue weighted by molar-refractivity contribution is 7.98. The first kappa shape index (κ1) is 11.0. The number of aldehydes is 1. The van der Waals surface area contributed by atoms with Gasteiger partial charge in [-0.3, -0.25) is 4.79 Å². The summed E-state index contributed by atoms with van der Waals surface area (Å²) in [6.45, 7) is 0.686. The summed E-state index contributed by atoms with van der Waals surface area (Å²) in [4.78, 5) is 15.1. The number of carbonyl (C=O) groups excluding carboxylic acids is 1. The third-order valence-corrected chi connectivity index (χ3v) is 3.03. The fourth-order valence-electron chi connectivity index (χ4n) is 1.55. The van der Waals surface area contributed by atoms with Gasteiger partial charge in [-0.15, -0.1) is 0 Å². The molecule has 0 saturated carbocycles. The Bertz CT molecular complexity index is 479. The Balaban J connectivity index is 2.33. The molecule has 0 unspecified atom stereocenters.